The molecule has 0 aliphatic carbocycles. The second-order valence-corrected chi connectivity index (χ2v) is 6.08. The number of ether oxygens (including phenoxy) is 1. The predicted molar refractivity (Wildman–Crippen MR) is 81.4 cm³/mol. The zero-order chi connectivity index (χ0) is 15.5. The van der Waals surface area contributed by atoms with Crippen LogP contribution in [-0.4, -0.2) is 37.7 Å². The van der Waals surface area contributed by atoms with Gasteiger partial charge in [0.1, 0.15) is 5.60 Å². The molecule has 0 radical (unpaired) electrons. The van der Waals surface area contributed by atoms with E-state index in [9.17, 15) is 4.79 Å². The molecule has 0 aromatic heterocycles. The molecule has 2 rings (SSSR count). The highest BCUT2D eigenvalue weighted by molar-refractivity contribution is 5.96. The molecule has 1 aromatic carbocycles. The number of hydrogen-bond acceptors (Lipinski definition) is 5. The van der Waals surface area contributed by atoms with E-state index in [0.717, 1.165) is 31.9 Å². The highest BCUT2D eigenvalue weighted by Crippen LogP contribution is 2.25. The van der Waals surface area contributed by atoms with Crippen molar-refractivity contribution in [1.82, 2.24) is 5.32 Å². The van der Waals surface area contributed by atoms with Crippen molar-refractivity contribution in [2.75, 3.05) is 31.1 Å². The Labute approximate surface area is 125 Å². The minimum absolute atomic E-state index is 0.381. The number of esters is 1. The third-order valence-electron chi connectivity index (χ3n) is 3.20. The Balaban J connectivity index is 2.36. The van der Waals surface area contributed by atoms with E-state index >= 15 is 0 Å². The van der Waals surface area contributed by atoms with Crippen LogP contribution in [0.4, 0.5) is 5.69 Å². The van der Waals surface area contributed by atoms with Gasteiger partial charge in [0.05, 0.1) is 22.9 Å². The van der Waals surface area contributed by atoms with Crippen molar-refractivity contribution >= 4 is 11.7 Å². The van der Waals surface area contributed by atoms with Gasteiger partial charge in [-0.1, -0.05) is 0 Å². The van der Waals surface area contributed by atoms with Gasteiger partial charge >= 0.3 is 5.97 Å². The number of carbonyl (C=O) groups excluding carboxylic acids is 1. The summed E-state index contributed by atoms with van der Waals surface area (Å²) in [4.78, 5) is 14.6. The summed E-state index contributed by atoms with van der Waals surface area (Å²) in [7, 11) is 0. The van der Waals surface area contributed by atoms with E-state index in [0.29, 0.717) is 11.1 Å². The molecule has 1 fully saturated rings. The standard InChI is InChI=1S/C16H21N3O2/c1-16(2,3)21-15(20)13-10-12(11-17)4-5-14(13)19-8-6-18-7-9-19/h4-5,10,18H,6-9H2,1-3H3. The highest BCUT2D eigenvalue weighted by Gasteiger charge is 2.23. The highest BCUT2D eigenvalue weighted by atomic mass is 16.6. The van der Waals surface area contributed by atoms with Crippen molar-refractivity contribution in [3.63, 3.8) is 0 Å². The van der Waals surface area contributed by atoms with Crippen molar-refractivity contribution in [1.29, 1.82) is 5.26 Å². The van der Waals surface area contributed by atoms with Gasteiger partial charge in [0.25, 0.3) is 0 Å². The summed E-state index contributed by atoms with van der Waals surface area (Å²) in [6.45, 7) is 8.95. The Hall–Kier alpha value is -2.06. The lowest BCUT2D eigenvalue weighted by Gasteiger charge is -2.31. The Morgan fingerprint density at radius 2 is 2.00 bits per heavy atom. The van der Waals surface area contributed by atoms with Crippen molar-refractivity contribution in [2.24, 2.45) is 0 Å². The summed E-state index contributed by atoms with van der Waals surface area (Å²) in [6, 6.07) is 7.27. The molecule has 21 heavy (non-hydrogen) atoms. The van der Waals surface area contributed by atoms with Crippen LogP contribution in [0.15, 0.2) is 18.2 Å². The summed E-state index contributed by atoms with van der Waals surface area (Å²) in [6.07, 6.45) is 0. The van der Waals surface area contributed by atoms with E-state index in [-0.39, 0.29) is 5.97 Å². The first kappa shape index (κ1) is 15.3. The van der Waals surface area contributed by atoms with Crippen LogP contribution in [0.1, 0.15) is 36.7 Å². The largest absolute Gasteiger partial charge is 0.456 e. The first-order valence-corrected chi connectivity index (χ1v) is 7.14. The maximum Gasteiger partial charge on any atom is 0.340 e. The molecule has 0 bridgehead atoms. The fourth-order valence-corrected chi connectivity index (χ4v) is 2.28. The normalized spacial score (nSPS) is 15.4. The smallest absolute Gasteiger partial charge is 0.340 e. The Bertz CT molecular complexity index is 564. The number of nitrogens with zero attached hydrogens (tertiary/aromatic N) is 2. The minimum Gasteiger partial charge on any atom is -0.456 e. The third-order valence-corrected chi connectivity index (χ3v) is 3.20. The summed E-state index contributed by atoms with van der Waals surface area (Å²) < 4.78 is 5.46. The zero-order valence-electron chi connectivity index (χ0n) is 12.8. The van der Waals surface area contributed by atoms with Gasteiger partial charge in [0, 0.05) is 26.2 Å². The number of anilines is 1. The molecule has 1 aromatic rings. The number of carbonyl (C=O) groups is 1. The Kier molecular flexibility index (Phi) is 4.49. The number of nitrogens with one attached hydrogen (secondary N) is 1. The average molecular weight is 287 g/mol. The molecule has 0 amide bonds. The van der Waals surface area contributed by atoms with Crippen molar-refractivity contribution in [3.8, 4) is 6.07 Å². The fraction of sp³-hybridized carbons (Fsp3) is 0.500. The van der Waals surface area contributed by atoms with Gasteiger partial charge in [-0.3, -0.25) is 0 Å². The number of nitriles is 1. The SMILES string of the molecule is CC(C)(C)OC(=O)c1cc(C#N)ccc1N1CCNCC1. The molecule has 5 heteroatoms. The van der Waals surface area contributed by atoms with Crippen LogP contribution >= 0.6 is 0 Å². The van der Waals surface area contributed by atoms with Crippen molar-refractivity contribution in [3.05, 3.63) is 29.3 Å². The number of hydrogen-bond donors (Lipinski definition) is 1. The molecule has 1 aliphatic heterocycles. The maximum absolute atomic E-state index is 12.4. The van der Waals surface area contributed by atoms with Crippen LogP contribution in [0.25, 0.3) is 0 Å². The average Bonchev–Trinajstić information content (AvgIpc) is 2.45. The quantitative estimate of drug-likeness (QED) is 0.842. The molecular weight excluding hydrogens is 266 g/mol. The van der Waals surface area contributed by atoms with Gasteiger partial charge in [-0.05, 0) is 39.0 Å². The van der Waals surface area contributed by atoms with Gasteiger partial charge < -0.3 is 15.0 Å². The molecule has 0 spiro atoms. The lowest BCUT2D eigenvalue weighted by Crippen LogP contribution is -2.44. The van der Waals surface area contributed by atoms with Gasteiger partial charge in [-0.15, -0.1) is 0 Å². The second kappa shape index (κ2) is 6.15. The van der Waals surface area contributed by atoms with E-state index in [1.807, 2.05) is 26.8 Å². The molecule has 1 aliphatic rings. The predicted octanol–water partition coefficient (Wildman–Crippen LogP) is 1.92. The van der Waals surface area contributed by atoms with E-state index in [1.165, 1.54) is 0 Å². The Morgan fingerprint density at radius 3 is 2.57 bits per heavy atom. The molecule has 1 heterocycles. The van der Waals surface area contributed by atoms with E-state index in [1.54, 1.807) is 12.1 Å². The van der Waals surface area contributed by atoms with Crippen LogP contribution in [0.2, 0.25) is 0 Å². The van der Waals surface area contributed by atoms with Gasteiger partial charge in [0.2, 0.25) is 0 Å². The number of benzene rings is 1. The zero-order valence-corrected chi connectivity index (χ0v) is 12.8. The van der Waals surface area contributed by atoms with Gasteiger partial charge in [-0.2, -0.15) is 5.26 Å². The van der Waals surface area contributed by atoms with Crippen molar-refractivity contribution in [2.45, 2.75) is 26.4 Å². The van der Waals surface area contributed by atoms with Crippen LogP contribution in [-0.2, 0) is 4.74 Å². The second-order valence-electron chi connectivity index (χ2n) is 6.08. The lowest BCUT2D eigenvalue weighted by molar-refractivity contribution is 0.00702. The summed E-state index contributed by atoms with van der Waals surface area (Å²) in [5.74, 6) is -0.381. The van der Waals surface area contributed by atoms with Crippen LogP contribution in [0.5, 0.6) is 0 Å². The van der Waals surface area contributed by atoms with E-state index < -0.39 is 5.60 Å². The lowest BCUT2D eigenvalue weighted by atomic mass is 10.1. The summed E-state index contributed by atoms with van der Waals surface area (Å²) in [5.41, 5.74) is 1.21. The van der Waals surface area contributed by atoms with Crippen LogP contribution in [0.3, 0.4) is 0 Å². The molecule has 1 saturated heterocycles. The van der Waals surface area contributed by atoms with Gasteiger partial charge in [-0.25, -0.2) is 4.79 Å². The molecule has 0 unspecified atom stereocenters. The van der Waals surface area contributed by atoms with Crippen molar-refractivity contribution < 1.29 is 9.53 Å². The molecular formula is C16H21N3O2. The maximum atomic E-state index is 12.4. The number of rotatable bonds is 2. The molecule has 0 atom stereocenters. The van der Waals surface area contributed by atoms with E-state index in [4.69, 9.17) is 10.00 Å². The molecule has 112 valence electrons. The number of piperazine rings is 1. The first-order valence-electron chi connectivity index (χ1n) is 7.14. The molecule has 5 nitrogen and oxygen atoms in total. The molecule has 0 saturated carbocycles. The first-order chi connectivity index (χ1) is 9.90. The van der Waals surface area contributed by atoms with Crippen LogP contribution in [0, 0.1) is 11.3 Å². The fourth-order valence-electron chi connectivity index (χ4n) is 2.28. The Morgan fingerprint density at radius 1 is 1.33 bits per heavy atom. The van der Waals surface area contributed by atoms with E-state index in [2.05, 4.69) is 16.3 Å². The topological polar surface area (TPSA) is 65.4 Å². The summed E-state index contributed by atoms with van der Waals surface area (Å²) in [5, 5.41) is 12.3. The monoisotopic (exact) mass is 287 g/mol. The van der Waals surface area contributed by atoms with Gasteiger partial charge in [0.15, 0.2) is 0 Å². The van der Waals surface area contributed by atoms with Crippen LogP contribution < -0.4 is 10.2 Å². The summed E-state index contributed by atoms with van der Waals surface area (Å²) >= 11 is 0. The molecule has 1 N–H and O–H groups in total. The minimum atomic E-state index is -0.555. The third kappa shape index (κ3) is 3.96.